The molecule has 0 unspecified atom stereocenters. The van der Waals surface area contributed by atoms with Crippen LogP contribution in [-0.4, -0.2) is 11.6 Å². The lowest BCUT2D eigenvalue weighted by Crippen LogP contribution is -1.90. The first-order valence-corrected chi connectivity index (χ1v) is 5.96. The van der Waals surface area contributed by atoms with Crippen LogP contribution in [0.3, 0.4) is 0 Å². The van der Waals surface area contributed by atoms with Crippen LogP contribution in [0, 0.1) is 0 Å². The lowest BCUT2D eigenvalue weighted by atomic mass is 10.3. The first-order chi connectivity index (χ1) is 7.33. The fourth-order valence-corrected chi connectivity index (χ4v) is 1.48. The van der Waals surface area contributed by atoms with E-state index in [1.165, 1.54) is 0 Å². The maximum Gasteiger partial charge on any atom is 0.120 e. The van der Waals surface area contributed by atoms with Crippen molar-refractivity contribution >= 4 is 24.0 Å². The third-order valence-electron chi connectivity index (χ3n) is 1.48. The van der Waals surface area contributed by atoms with E-state index in [1.807, 2.05) is 36.6 Å². The predicted molar refractivity (Wildman–Crippen MR) is 67.0 cm³/mol. The van der Waals surface area contributed by atoms with Crippen LogP contribution >= 0.6 is 24.0 Å². The molecule has 2 nitrogen and oxygen atoms in total. The molecule has 2 rings (SSSR count). The molecule has 0 aliphatic rings. The Morgan fingerprint density at radius 2 is 2.33 bits per heavy atom. The standard InChI is InChI=1S/C8H10OS.C3H3NS/c1-2-9-7-4-3-5-8(10)6-7;1-2-5-3-4-1/h3-6,10H,2H2,1H3;1-3H. The number of thiazole rings is 1. The molecule has 0 bridgehead atoms. The Kier molecular flexibility index (Phi) is 5.88. The Bertz CT molecular complexity index is 345. The van der Waals surface area contributed by atoms with Gasteiger partial charge in [0.25, 0.3) is 0 Å². The largest absolute Gasteiger partial charge is 0.494 e. The van der Waals surface area contributed by atoms with E-state index in [-0.39, 0.29) is 0 Å². The highest BCUT2D eigenvalue weighted by Gasteiger charge is 1.89. The maximum absolute atomic E-state index is 5.24. The van der Waals surface area contributed by atoms with Crippen molar-refractivity contribution in [3.8, 4) is 5.75 Å². The summed E-state index contributed by atoms with van der Waals surface area (Å²) < 4.78 is 5.24. The van der Waals surface area contributed by atoms with Crippen LogP contribution in [-0.2, 0) is 0 Å². The van der Waals surface area contributed by atoms with Gasteiger partial charge in [-0.25, -0.2) is 0 Å². The summed E-state index contributed by atoms with van der Waals surface area (Å²) in [7, 11) is 0. The van der Waals surface area contributed by atoms with Gasteiger partial charge < -0.3 is 4.74 Å². The van der Waals surface area contributed by atoms with Crippen LogP contribution in [0.1, 0.15) is 6.92 Å². The number of hydrogen-bond acceptors (Lipinski definition) is 4. The van der Waals surface area contributed by atoms with E-state index in [0.29, 0.717) is 6.61 Å². The van der Waals surface area contributed by atoms with Gasteiger partial charge in [-0.3, -0.25) is 4.98 Å². The van der Waals surface area contributed by atoms with Gasteiger partial charge in [0.1, 0.15) is 5.75 Å². The molecule has 0 radical (unpaired) electrons. The van der Waals surface area contributed by atoms with Gasteiger partial charge in [-0.1, -0.05) is 6.07 Å². The summed E-state index contributed by atoms with van der Waals surface area (Å²) in [4.78, 5) is 4.68. The number of hydrogen-bond donors (Lipinski definition) is 1. The van der Waals surface area contributed by atoms with E-state index in [2.05, 4.69) is 17.6 Å². The summed E-state index contributed by atoms with van der Waals surface area (Å²) in [6.45, 7) is 2.67. The van der Waals surface area contributed by atoms with Crippen LogP contribution in [0.5, 0.6) is 5.75 Å². The molecule has 0 aliphatic heterocycles. The van der Waals surface area contributed by atoms with E-state index in [1.54, 1.807) is 23.0 Å². The molecule has 15 heavy (non-hydrogen) atoms. The molecule has 1 aromatic heterocycles. The summed E-state index contributed by atoms with van der Waals surface area (Å²) in [5, 5.41) is 1.93. The minimum atomic E-state index is 0.706. The van der Waals surface area contributed by atoms with Crippen molar-refractivity contribution < 1.29 is 4.74 Å². The van der Waals surface area contributed by atoms with Crippen LogP contribution in [0.2, 0.25) is 0 Å². The monoisotopic (exact) mass is 239 g/mol. The first-order valence-electron chi connectivity index (χ1n) is 4.57. The molecule has 0 aliphatic carbocycles. The Morgan fingerprint density at radius 3 is 2.80 bits per heavy atom. The first kappa shape index (κ1) is 12.1. The molecule has 0 saturated carbocycles. The molecule has 1 aromatic carbocycles. The SMILES string of the molecule is CCOc1cccc(S)c1.c1cscn1. The zero-order chi connectivity index (χ0) is 10.9. The summed E-state index contributed by atoms with van der Waals surface area (Å²) in [6.07, 6.45) is 1.77. The van der Waals surface area contributed by atoms with Crippen LogP contribution in [0.25, 0.3) is 0 Å². The second kappa shape index (κ2) is 7.31. The molecule has 0 N–H and O–H groups in total. The topological polar surface area (TPSA) is 22.1 Å². The van der Waals surface area contributed by atoms with E-state index in [4.69, 9.17) is 4.74 Å². The second-order valence-corrected chi connectivity index (χ2v) is 3.88. The van der Waals surface area contributed by atoms with Crippen molar-refractivity contribution in [1.29, 1.82) is 0 Å². The molecular weight excluding hydrogens is 226 g/mol. The maximum atomic E-state index is 5.24. The van der Waals surface area contributed by atoms with Gasteiger partial charge >= 0.3 is 0 Å². The zero-order valence-corrected chi connectivity index (χ0v) is 10.2. The van der Waals surface area contributed by atoms with Gasteiger partial charge in [-0.05, 0) is 25.1 Å². The summed E-state index contributed by atoms with van der Waals surface area (Å²) in [6, 6.07) is 7.66. The Morgan fingerprint density at radius 1 is 1.47 bits per heavy atom. The minimum absolute atomic E-state index is 0.706. The molecule has 0 fully saturated rings. The Balaban J connectivity index is 0.000000187. The minimum Gasteiger partial charge on any atom is -0.494 e. The highest BCUT2D eigenvalue weighted by atomic mass is 32.1. The smallest absolute Gasteiger partial charge is 0.120 e. The van der Waals surface area contributed by atoms with Crippen LogP contribution < -0.4 is 4.74 Å². The fourth-order valence-electron chi connectivity index (χ4n) is 0.916. The molecule has 0 saturated heterocycles. The Labute approximate surface area is 99.4 Å². The van der Waals surface area contributed by atoms with Crippen molar-refractivity contribution in [3.05, 3.63) is 41.4 Å². The van der Waals surface area contributed by atoms with E-state index >= 15 is 0 Å². The van der Waals surface area contributed by atoms with Crippen molar-refractivity contribution in [2.45, 2.75) is 11.8 Å². The predicted octanol–water partition coefficient (Wildman–Crippen LogP) is 3.52. The highest BCUT2D eigenvalue weighted by Crippen LogP contribution is 2.15. The number of thiol groups is 1. The van der Waals surface area contributed by atoms with E-state index in [9.17, 15) is 0 Å². The van der Waals surface area contributed by atoms with E-state index in [0.717, 1.165) is 10.6 Å². The lowest BCUT2D eigenvalue weighted by Gasteiger charge is -2.01. The van der Waals surface area contributed by atoms with Crippen molar-refractivity contribution in [1.82, 2.24) is 4.98 Å². The molecule has 80 valence electrons. The number of aromatic nitrogens is 1. The van der Waals surface area contributed by atoms with Gasteiger partial charge in [-0.15, -0.1) is 24.0 Å². The average molecular weight is 239 g/mol. The van der Waals surface area contributed by atoms with Gasteiger partial charge in [0, 0.05) is 16.5 Å². The summed E-state index contributed by atoms with van der Waals surface area (Å²) in [5.41, 5.74) is 1.79. The van der Waals surface area contributed by atoms with Gasteiger partial charge in [0.15, 0.2) is 0 Å². The molecular formula is C11H13NOS2. The molecule has 4 heteroatoms. The Hall–Kier alpha value is -1.00. The summed E-state index contributed by atoms with van der Waals surface area (Å²) >= 11 is 5.77. The molecule has 0 spiro atoms. The third kappa shape index (κ3) is 5.44. The number of rotatable bonds is 2. The molecule has 0 amide bonds. The zero-order valence-electron chi connectivity index (χ0n) is 8.46. The van der Waals surface area contributed by atoms with E-state index < -0.39 is 0 Å². The summed E-state index contributed by atoms with van der Waals surface area (Å²) in [5.74, 6) is 0.884. The molecule has 1 heterocycles. The number of nitrogens with zero attached hydrogens (tertiary/aromatic N) is 1. The van der Waals surface area contributed by atoms with Crippen LogP contribution in [0.4, 0.5) is 0 Å². The normalized spacial score (nSPS) is 8.93. The second-order valence-electron chi connectivity index (χ2n) is 2.61. The average Bonchev–Trinajstić information content (AvgIpc) is 2.76. The van der Waals surface area contributed by atoms with Crippen molar-refractivity contribution in [2.24, 2.45) is 0 Å². The van der Waals surface area contributed by atoms with Gasteiger partial charge in [0.2, 0.25) is 0 Å². The quantitative estimate of drug-likeness (QED) is 0.810. The number of benzene rings is 1. The highest BCUT2D eigenvalue weighted by molar-refractivity contribution is 7.80. The fraction of sp³-hybridized carbons (Fsp3) is 0.182. The molecule has 0 atom stereocenters. The van der Waals surface area contributed by atoms with Crippen molar-refractivity contribution in [2.75, 3.05) is 6.61 Å². The number of ether oxygens (including phenoxy) is 1. The van der Waals surface area contributed by atoms with Crippen molar-refractivity contribution in [3.63, 3.8) is 0 Å². The van der Waals surface area contributed by atoms with Gasteiger partial charge in [0.05, 0.1) is 12.1 Å². The third-order valence-corrected chi connectivity index (χ3v) is 2.28. The van der Waals surface area contributed by atoms with Gasteiger partial charge in [-0.2, -0.15) is 0 Å². The van der Waals surface area contributed by atoms with Crippen LogP contribution in [0.15, 0.2) is 46.2 Å². The molecule has 2 aromatic rings. The lowest BCUT2D eigenvalue weighted by molar-refractivity contribution is 0.339.